The summed E-state index contributed by atoms with van der Waals surface area (Å²) < 4.78 is 10.9. The number of ether oxygens (including phenoxy) is 2. The molecule has 0 spiro atoms. The van der Waals surface area contributed by atoms with Crippen molar-refractivity contribution in [2.24, 2.45) is 0 Å². The molecule has 1 atom stereocenters. The van der Waals surface area contributed by atoms with E-state index in [-0.39, 0.29) is 11.9 Å². The minimum Gasteiger partial charge on any atom is -0.496 e. The molecule has 1 amide bonds. The van der Waals surface area contributed by atoms with E-state index in [1.165, 1.54) is 0 Å². The molecule has 0 bridgehead atoms. The van der Waals surface area contributed by atoms with E-state index in [0.29, 0.717) is 19.7 Å². The minimum absolute atomic E-state index is 0.0502. The number of nitrogens with one attached hydrogen (secondary N) is 1. The number of amides is 1. The van der Waals surface area contributed by atoms with Crippen molar-refractivity contribution in [3.05, 3.63) is 59.7 Å². The molecule has 1 unspecified atom stereocenters. The standard InChI is InChI=1S/C24H32N2O4/c1-28-22-13-9-14-23(29-2)20(22)12-7-4-8-17-30-26(21-15-16-25-24(21)27)18-19-10-5-3-6-11-19/h3,5-6,9-11,13-14,21H,4,7-8,12,15-18H2,1-2H3,(H,25,27). The summed E-state index contributed by atoms with van der Waals surface area (Å²) in [7, 11) is 3.37. The first-order chi connectivity index (χ1) is 14.7. The molecule has 2 aromatic rings. The molecule has 1 fully saturated rings. The number of hydrogen-bond donors (Lipinski definition) is 1. The summed E-state index contributed by atoms with van der Waals surface area (Å²) in [6.07, 6.45) is 4.64. The van der Waals surface area contributed by atoms with Gasteiger partial charge in [0.15, 0.2) is 0 Å². The Bertz CT molecular complexity index is 775. The molecule has 0 aliphatic carbocycles. The average Bonchev–Trinajstić information content (AvgIpc) is 3.21. The van der Waals surface area contributed by atoms with Crippen LogP contribution in [0.25, 0.3) is 0 Å². The molecular formula is C24H32N2O4. The summed E-state index contributed by atoms with van der Waals surface area (Å²) in [6, 6.07) is 15.8. The van der Waals surface area contributed by atoms with Crippen LogP contribution in [0.15, 0.2) is 48.5 Å². The lowest BCUT2D eigenvalue weighted by molar-refractivity contribution is -0.194. The van der Waals surface area contributed by atoms with Gasteiger partial charge in [0.2, 0.25) is 5.91 Å². The van der Waals surface area contributed by atoms with E-state index in [2.05, 4.69) is 17.4 Å². The summed E-state index contributed by atoms with van der Waals surface area (Å²) in [5.41, 5.74) is 2.25. The smallest absolute Gasteiger partial charge is 0.239 e. The highest BCUT2D eigenvalue weighted by atomic mass is 16.7. The second-order valence-electron chi connectivity index (χ2n) is 7.44. The molecule has 0 saturated carbocycles. The lowest BCUT2D eigenvalue weighted by atomic mass is 10.0. The van der Waals surface area contributed by atoms with Gasteiger partial charge in [-0.05, 0) is 43.4 Å². The number of benzene rings is 2. The van der Waals surface area contributed by atoms with Crippen LogP contribution in [-0.2, 0) is 22.6 Å². The third-order valence-corrected chi connectivity index (χ3v) is 5.41. The zero-order valence-corrected chi connectivity index (χ0v) is 17.9. The highest BCUT2D eigenvalue weighted by Gasteiger charge is 2.31. The number of methoxy groups -OCH3 is 2. The fraction of sp³-hybridized carbons (Fsp3) is 0.458. The fourth-order valence-corrected chi connectivity index (χ4v) is 3.80. The fourth-order valence-electron chi connectivity index (χ4n) is 3.80. The van der Waals surface area contributed by atoms with Crippen molar-refractivity contribution in [2.45, 2.75) is 44.7 Å². The van der Waals surface area contributed by atoms with E-state index in [1.54, 1.807) is 14.2 Å². The molecule has 162 valence electrons. The molecule has 6 nitrogen and oxygen atoms in total. The SMILES string of the molecule is COc1cccc(OC)c1CCCCCON(Cc1ccccc1)C1CCNC1=O. The average molecular weight is 413 g/mol. The van der Waals surface area contributed by atoms with Gasteiger partial charge in [-0.3, -0.25) is 9.63 Å². The summed E-state index contributed by atoms with van der Waals surface area (Å²) >= 11 is 0. The summed E-state index contributed by atoms with van der Waals surface area (Å²) in [5.74, 6) is 1.79. The molecule has 1 heterocycles. The maximum absolute atomic E-state index is 12.2. The van der Waals surface area contributed by atoms with Gasteiger partial charge in [0.1, 0.15) is 17.5 Å². The van der Waals surface area contributed by atoms with Crippen LogP contribution in [0.1, 0.15) is 36.8 Å². The number of carbonyl (C=O) groups is 1. The summed E-state index contributed by atoms with van der Waals surface area (Å²) in [4.78, 5) is 18.2. The monoisotopic (exact) mass is 412 g/mol. The molecule has 0 aromatic heterocycles. The zero-order chi connectivity index (χ0) is 21.2. The Morgan fingerprint density at radius 1 is 0.967 bits per heavy atom. The Labute approximate surface area is 179 Å². The van der Waals surface area contributed by atoms with Crippen molar-refractivity contribution in [3.63, 3.8) is 0 Å². The predicted octanol–water partition coefficient (Wildman–Crippen LogP) is 3.74. The second-order valence-corrected chi connectivity index (χ2v) is 7.44. The highest BCUT2D eigenvalue weighted by Crippen LogP contribution is 2.29. The number of carbonyl (C=O) groups excluding carboxylic acids is 1. The molecule has 1 N–H and O–H groups in total. The van der Waals surface area contributed by atoms with E-state index in [1.807, 2.05) is 41.5 Å². The third-order valence-electron chi connectivity index (χ3n) is 5.41. The van der Waals surface area contributed by atoms with E-state index < -0.39 is 0 Å². The van der Waals surface area contributed by atoms with E-state index in [0.717, 1.165) is 54.7 Å². The van der Waals surface area contributed by atoms with Crippen LogP contribution in [0.3, 0.4) is 0 Å². The lowest BCUT2D eigenvalue weighted by Crippen LogP contribution is -2.40. The Morgan fingerprint density at radius 3 is 2.33 bits per heavy atom. The van der Waals surface area contributed by atoms with Gasteiger partial charge < -0.3 is 14.8 Å². The highest BCUT2D eigenvalue weighted by molar-refractivity contribution is 5.83. The zero-order valence-electron chi connectivity index (χ0n) is 17.9. The maximum Gasteiger partial charge on any atom is 0.239 e. The Hall–Kier alpha value is -2.57. The van der Waals surface area contributed by atoms with Crippen molar-refractivity contribution in [3.8, 4) is 11.5 Å². The van der Waals surface area contributed by atoms with Gasteiger partial charge in [0, 0.05) is 18.7 Å². The van der Waals surface area contributed by atoms with Gasteiger partial charge in [-0.15, -0.1) is 0 Å². The molecule has 1 saturated heterocycles. The van der Waals surface area contributed by atoms with Gasteiger partial charge in [-0.1, -0.05) is 42.8 Å². The lowest BCUT2D eigenvalue weighted by Gasteiger charge is -2.26. The first-order valence-electron chi connectivity index (χ1n) is 10.6. The molecular weight excluding hydrogens is 380 g/mol. The first-order valence-corrected chi connectivity index (χ1v) is 10.6. The van der Waals surface area contributed by atoms with Crippen molar-refractivity contribution < 1.29 is 19.1 Å². The van der Waals surface area contributed by atoms with Crippen LogP contribution in [0.2, 0.25) is 0 Å². The van der Waals surface area contributed by atoms with Crippen LogP contribution in [0.4, 0.5) is 0 Å². The summed E-state index contributed by atoms with van der Waals surface area (Å²) in [6.45, 7) is 1.91. The molecule has 6 heteroatoms. The van der Waals surface area contributed by atoms with Crippen LogP contribution in [-0.4, -0.2) is 44.4 Å². The number of hydrogen-bond acceptors (Lipinski definition) is 5. The Kier molecular flexibility index (Phi) is 8.53. The molecule has 1 aliphatic rings. The van der Waals surface area contributed by atoms with Crippen molar-refractivity contribution in [1.29, 1.82) is 0 Å². The van der Waals surface area contributed by atoms with Gasteiger partial charge in [-0.2, -0.15) is 5.06 Å². The van der Waals surface area contributed by atoms with Gasteiger partial charge >= 0.3 is 0 Å². The van der Waals surface area contributed by atoms with E-state index in [4.69, 9.17) is 14.3 Å². The van der Waals surface area contributed by atoms with Crippen LogP contribution in [0.5, 0.6) is 11.5 Å². The van der Waals surface area contributed by atoms with Crippen molar-refractivity contribution in [2.75, 3.05) is 27.4 Å². The maximum atomic E-state index is 12.2. The van der Waals surface area contributed by atoms with Crippen LogP contribution < -0.4 is 14.8 Å². The molecule has 30 heavy (non-hydrogen) atoms. The summed E-state index contributed by atoms with van der Waals surface area (Å²) in [5, 5.41) is 4.75. The number of rotatable bonds is 12. The first kappa shape index (κ1) is 22.1. The quantitative estimate of drug-likeness (QED) is 0.425. The molecule has 1 aliphatic heterocycles. The van der Waals surface area contributed by atoms with Gasteiger partial charge in [0.05, 0.1) is 20.8 Å². The Morgan fingerprint density at radius 2 is 1.70 bits per heavy atom. The van der Waals surface area contributed by atoms with Crippen molar-refractivity contribution >= 4 is 5.91 Å². The number of unbranched alkanes of at least 4 members (excludes halogenated alkanes) is 2. The normalized spacial score (nSPS) is 16.0. The van der Waals surface area contributed by atoms with Crippen molar-refractivity contribution in [1.82, 2.24) is 10.4 Å². The third kappa shape index (κ3) is 5.97. The number of nitrogens with zero attached hydrogens (tertiary/aromatic N) is 1. The molecule has 0 radical (unpaired) electrons. The second kappa shape index (κ2) is 11.6. The minimum atomic E-state index is -0.219. The topological polar surface area (TPSA) is 60.0 Å². The van der Waals surface area contributed by atoms with Gasteiger partial charge in [0.25, 0.3) is 0 Å². The van der Waals surface area contributed by atoms with Crippen LogP contribution >= 0.6 is 0 Å². The van der Waals surface area contributed by atoms with E-state index >= 15 is 0 Å². The molecule has 2 aromatic carbocycles. The largest absolute Gasteiger partial charge is 0.496 e. The molecule has 3 rings (SSSR count). The number of hydroxylamine groups is 2. The predicted molar refractivity (Wildman–Crippen MR) is 116 cm³/mol. The van der Waals surface area contributed by atoms with E-state index in [9.17, 15) is 4.79 Å². The van der Waals surface area contributed by atoms with Crippen LogP contribution in [0, 0.1) is 0 Å². The van der Waals surface area contributed by atoms with Gasteiger partial charge in [-0.25, -0.2) is 0 Å². The Balaban J connectivity index is 1.47.